The summed E-state index contributed by atoms with van der Waals surface area (Å²) >= 11 is 0. The van der Waals surface area contributed by atoms with Gasteiger partial charge in [0.1, 0.15) is 5.75 Å². The molecule has 0 bridgehead atoms. The highest BCUT2D eigenvalue weighted by atomic mass is 16.6. The van der Waals surface area contributed by atoms with Gasteiger partial charge in [-0.05, 0) is 19.1 Å². The zero-order chi connectivity index (χ0) is 15.7. The van der Waals surface area contributed by atoms with Crippen molar-refractivity contribution in [2.45, 2.75) is 6.92 Å². The summed E-state index contributed by atoms with van der Waals surface area (Å²) in [4.78, 5) is 30.1. The van der Waals surface area contributed by atoms with Crippen LogP contribution in [0.25, 0.3) is 5.78 Å². The molecule has 22 heavy (non-hydrogen) atoms. The topological polar surface area (TPSA) is 113 Å². The van der Waals surface area contributed by atoms with Crippen molar-refractivity contribution in [2.24, 2.45) is 0 Å². The molecule has 0 aliphatic rings. The number of esters is 1. The number of carbonyl (C=O) groups excluding carboxylic acids is 1. The molecular weight excluding hydrogens is 290 g/mol. The van der Waals surface area contributed by atoms with E-state index in [9.17, 15) is 14.9 Å². The van der Waals surface area contributed by atoms with Gasteiger partial charge in [-0.15, -0.1) is 5.10 Å². The average molecular weight is 299 g/mol. The Bertz CT molecular complexity index is 889. The second kappa shape index (κ2) is 5.20. The fourth-order valence-corrected chi connectivity index (χ4v) is 1.81. The number of hydrogen-bond acceptors (Lipinski definition) is 7. The SMILES string of the molecule is Cc1ccnc2nc(C(=O)Oc3cccc([N+](=O)[O-])c3)nn12. The molecule has 0 aliphatic carbocycles. The first-order valence-corrected chi connectivity index (χ1v) is 6.19. The predicted molar refractivity (Wildman–Crippen MR) is 73.6 cm³/mol. The minimum absolute atomic E-state index is 0.0442. The lowest BCUT2D eigenvalue weighted by molar-refractivity contribution is -0.384. The van der Waals surface area contributed by atoms with Crippen LogP contribution in [-0.2, 0) is 0 Å². The zero-order valence-electron chi connectivity index (χ0n) is 11.3. The van der Waals surface area contributed by atoms with E-state index in [4.69, 9.17) is 4.74 Å². The molecule has 0 N–H and O–H groups in total. The van der Waals surface area contributed by atoms with Gasteiger partial charge in [0.25, 0.3) is 17.3 Å². The molecule has 0 unspecified atom stereocenters. The van der Waals surface area contributed by atoms with Crippen molar-refractivity contribution in [3.8, 4) is 5.75 Å². The van der Waals surface area contributed by atoms with Crippen molar-refractivity contribution in [2.75, 3.05) is 0 Å². The van der Waals surface area contributed by atoms with Crippen LogP contribution in [0.3, 0.4) is 0 Å². The molecule has 1 aromatic carbocycles. The van der Waals surface area contributed by atoms with Gasteiger partial charge in [0, 0.05) is 18.0 Å². The third-order valence-electron chi connectivity index (χ3n) is 2.85. The zero-order valence-corrected chi connectivity index (χ0v) is 11.3. The summed E-state index contributed by atoms with van der Waals surface area (Å²) in [5.41, 5.74) is 0.581. The first kappa shape index (κ1) is 13.6. The van der Waals surface area contributed by atoms with Gasteiger partial charge in [-0.2, -0.15) is 4.98 Å². The van der Waals surface area contributed by atoms with Crippen LogP contribution in [-0.4, -0.2) is 30.5 Å². The molecule has 0 radical (unpaired) electrons. The van der Waals surface area contributed by atoms with Crippen molar-refractivity contribution < 1.29 is 14.5 Å². The van der Waals surface area contributed by atoms with E-state index in [-0.39, 0.29) is 23.0 Å². The summed E-state index contributed by atoms with van der Waals surface area (Å²) in [6.45, 7) is 1.79. The number of non-ortho nitro benzene ring substituents is 1. The fourth-order valence-electron chi connectivity index (χ4n) is 1.81. The number of nitro groups is 1. The Labute approximate surface area is 123 Å². The van der Waals surface area contributed by atoms with Crippen molar-refractivity contribution in [1.82, 2.24) is 19.6 Å². The quantitative estimate of drug-likeness (QED) is 0.312. The van der Waals surface area contributed by atoms with Crippen LogP contribution in [0.5, 0.6) is 5.75 Å². The minimum atomic E-state index is -0.814. The van der Waals surface area contributed by atoms with Crippen molar-refractivity contribution in [1.29, 1.82) is 0 Å². The van der Waals surface area contributed by atoms with Crippen LogP contribution in [0.2, 0.25) is 0 Å². The molecular formula is C13H9N5O4. The summed E-state index contributed by atoms with van der Waals surface area (Å²) in [5.74, 6) is -0.674. The first-order valence-electron chi connectivity index (χ1n) is 6.19. The summed E-state index contributed by atoms with van der Waals surface area (Å²) in [6.07, 6.45) is 1.55. The second-order valence-corrected chi connectivity index (χ2v) is 4.38. The van der Waals surface area contributed by atoms with Gasteiger partial charge in [-0.3, -0.25) is 10.1 Å². The van der Waals surface area contributed by atoms with E-state index in [0.29, 0.717) is 0 Å². The lowest BCUT2D eigenvalue weighted by Crippen LogP contribution is -2.11. The van der Waals surface area contributed by atoms with Crippen molar-refractivity contribution in [3.05, 3.63) is 58.2 Å². The number of aromatic nitrogens is 4. The lowest BCUT2D eigenvalue weighted by Gasteiger charge is -2.00. The molecule has 9 nitrogen and oxygen atoms in total. The van der Waals surface area contributed by atoms with E-state index in [0.717, 1.165) is 11.8 Å². The normalized spacial score (nSPS) is 10.6. The van der Waals surface area contributed by atoms with E-state index in [1.54, 1.807) is 19.2 Å². The number of benzene rings is 1. The molecule has 2 heterocycles. The van der Waals surface area contributed by atoms with Gasteiger partial charge in [0.15, 0.2) is 0 Å². The Hall–Kier alpha value is -3.36. The number of nitrogens with zero attached hydrogens (tertiary/aromatic N) is 5. The van der Waals surface area contributed by atoms with Crippen LogP contribution >= 0.6 is 0 Å². The number of fused-ring (bicyclic) bond motifs is 1. The molecule has 0 saturated heterocycles. The molecule has 0 spiro atoms. The van der Waals surface area contributed by atoms with Gasteiger partial charge >= 0.3 is 5.97 Å². The van der Waals surface area contributed by atoms with E-state index in [1.807, 2.05) is 0 Å². The highest BCUT2D eigenvalue weighted by molar-refractivity contribution is 5.87. The van der Waals surface area contributed by atoms with Gasteiger partial charge in [0.2, 0.25) is 0 Å². The molecule has 110 valence electrons. The summed E-state index contributed by atoms with van der Waals surface area (Å²) in [6, 6.07) is 7.02. The Kier molecular flexibility index (Phi) is 3.22. The lowest BCUT2D eigenvalue weighted by atomic mass is 10.3. The van der Waals surface area contributed by atoms with E-state index < -0.39 is 10.9 Å². The van der Waals surface area contributed by atoms with Crippen LogP contribution in [0.15, 0.2) is 36.5 Å². The van der Waals surface area contributed by atoms with Crippen molar-refractivity contribution >= 4 is 17.4 Å². The van der Waals surface area contributed by atoms with E-state index in [1.165, 1.54) is 22.7 Å². The maximum absolute atomic E-state index is 12.0. The molecule has 0 atom stereocenters. The second-order valence-electron chi connectivity index (χ2n) is 4.38. The highest BCUT2D eigenvalue weighted by Crippen LogP contribution is 2.19. The number of hydrogen-bond donors (Lipinski definition) is 0. The largest absolute Gasteiger partial charge is 0.420 e. The Morgan fingerprint density at radius 1 is 1.36 bits per heavy atom. The van der Waals surface area contributed by atoms with E-state index >= 15 is 0 Å². The summed E-state index contributed by atoms with van der Waals surface area (Å²) < 4.78 is 6.46. The van der Waals surface area contributed by atoms with Crippen LogP contribution in [0.1, 0.15) is 16.3 Å². The molecule has 9 heteroatoms. The number of rotatable bonds is 3. The molecule has 0 amide bonds. The van der Waals surface area contributed by atoms with Gasteiger partial charge in [0.05, 0.1) is 11.0 Å². The maximum Gasteiger partial charge on any atom is 0.383 e. The average Bonchev–Trinajstić information content (AvgIpc) is 2.93. The summed E-state index contributed by atoms with van der Waals surface area (Å²) in [5, 5.41) is 14.7. The molecule has 3 aromatic rings. The predicted octanol–water partition coefficient (Wildman–Crippen LogP) is 1.56. The fraction of sp³-hybridized carbons (Fsp3) is 0.0769. The Morgan fingerprint density at radius 3 is 2.91 bits per heavy atom. The van der Waals surface area contributed by atoms with E-state index in [2.05, 4.69) is 15.1 Å². The first-order chi connectivity index (χ1) is 10.5. The van der Waals surface area contributed by atoms with Crippen LogP contribution in [0, 0.1) is 17.0 Å². The molecule has 3 rings (SSSR count). The molecule has 0 aliphatic heterocycles. The molecule has 0 saturated carbocycles. The highest BCUT2D eigenvalue weighted by Gasteiger charge is 2.17. The third kappa shape index (κ3) is 2.46. The Balaban J connectivity index is 1.88. The summed E-state index contributed by atoms with van der Waals surface area (Å²) in [7, 11) is 0. The van der Waals surface area contributed by atoms with Gasteiger partial charge < -0.3 is 4.74 Å². The minimum Gasteiger partial charge on any atom is -0.420 e. The van der Waals surface area contributed by atoms with Gasteiger partial charge in [-0.25, -0.2) is 14.3 Å². The molecule has 0 fully saturated rings. The van der Waals surface area contributed by atoms with Gasteiger partial charge in [-0.1, -0.05) is 6.07 Å². The third-order valence-corrected chi connectivity index (χ3v) is 2.85. The Morgan fingerprint density at radius 2 is 2.18 bits per heavy atom. The number of ether oxygens (including phenoxy) is 1. The number of carbonyl (C=O) groups is 1. The van der Waals surface area contributed by atoms with Crippen molar-refractivity contribution in [3.63, 3.8) is 0 Å². The smallest absolute Gasteiger partial charge is 0.383 e. The number of nitro benzene ring substituents is 1. The monoisotopic (exact) mass is 299 g/mol. The maximum atomic E-state index is 12.0. The standard InChI is InChI=1S/C13H9N5O4/c1-8-5-6-14-13-15-11(16-17(8)13)12(19)22-10-4-2-3-9(7-10)18(20)21/h2-7H,1H3. The molecule has 2 aromatic heterocycles. The number of aryl methyl sites for hydroxylation is 1. The van der Waals surface area contributed by atoms with Crippen LogP contribution in [0.4, 0.5) is 5.69 Å². The van der Waals surface area contributed by atoms with Crippen LogP contribution < -0.4 is 4.74 Å².